The standard InChI is InChI=1S/C11H12O4/c1-15-9-3-2-7-5-11(14,10(12)13)6-8(7)4-9/h2-4,14H,5-6H2,1H3,(H,12,13). The number of ether oxygens (including phenoxy) is 1. The summed E-state index contributed by atoms with van der Waals surface area (Å²) in [5, 5.41) is 18.7. The number of hydrogen-bond donors (Lipinski definition) is 2. The first-order valence-electron chi connectivity index (χ1n) is 4.67. The molecular formula is C11H12O4. The van der Waals surface area contributed by atoms with Crippen LogP contribution in [-0.4, -0.2) is 28.9 Å². The van der Waals surface area contributed by atoms with E-state index in [1.165, 1.54) is 0 Å². The van der Waals surface area contributed by atoms with E-state index >= 15 is 0 Å². The van der Waals surface area contributed by atoms with E-state index in [0.717, 1.165) is 11.1 Å². The van der Waals surface area contributed by atoms with Crippen LogP contribution in [0.2, 0.25) is 0 Å². The predicted molar refractivity (Wildman–Crippen MR) is 53.0 cm³/mol. The lowest BCUT2D eigenvalue weighted by atomic mass is 10.0. The molecule has 0 aliphatic heterocycles. The number of carbonyl (C=O) groups is 1. The Bertz CT molecular complexity index is 413. The molecule has 0 fully saturated rings. The summed E-state index contributed by atoms with van der Waals surface area (Å²) < 4.78 is 5.04. The third kappa shape index (κ3) is 1.57. The summed E-state index contributed by atoms with van der Waals surface area (Å²) in [4.78, 5) is 10.9. The lowest BCUT2D eigenvalue weighted by molar-refractivity contribution is -0.157. The van der Waals surface area contributed by atoms with Gasteiger partial charge in [0, 0.05) is 12.8 Å². The average Bonchev–Trinajstić information content (AvgIpc) is 2.54. The maximum absolute atomic E-state index is 10.9. The molecule has 80 valence electrons. The fraction of sp³-hybridized carbons (Fsp3) is 0.364. The minimum absolute atomic E-state index is 0.148. The number of hydrogen-bond acceptors (Lipinski definition) is 3. The van der Waals surface area contributed by atoms with Gasteiger partial charge in [-0.25, -0.2) is 4.79 Å². The molecule has 0 heterocycles. The van der Waals surface area contributed by atoms with E-state index in [-0.39, 0.29) is 12.8 Å². The second kappa shape index (κ2) is 3.24. The number of methoxy groups -OCH3 is 1. The van der Waals surface area contributed by atoms with E-state index in [2.05, 4.69) is 0 Å². The van der Waals surface area contributed by atoms with Gasteiger partial charge in [-0.15, -0.1) is 0 Å². The zero-order chi connectivity index (χ0) is 11.1. The highest BCUT2D eigenvalue weighted by molar-refractivity contribution is 5.79. The van der Waals surface area contributed by atoms with Crippen molar-refractivity contribution in [3.8, 4) is 5.75 Å². The van der Waals surface area contributed by atoms with E-state index in [0.29, 0.717) is 5.75 Å². The van der Waals surface area contributed by atoms with E-state index in [1.54, 1.807) is 25.3 Å². The molecule has 1 atom stereocenters. The molecule has 2 N–H and O–H groups in total. The molecule has 1 aliphatic carbocycles. The first-order chi connectivity index (χ1) is 7.05. The Morgan fingerprint density at radius 1 is 1.40 bits per heavy atom. The normalized spacial score (nSPS) is 23.6. The smallest absolute Gasteiger partial charge is 0.336 e. The van der Waals surface area contributed by atoms with E-state index in [4.69, 9.17) is 9.84 Å². The van der Waals surface area contributed by atoms with Crippen LogP contribution < -0.4 is 4.74 Å². The first-order valence-corrected chi connectivity index (χ1v) is 4.67. The van der Waals surface area contributed by atoms with Crippen molar-refractivity contribution in [2.75, 3.05) is 7.11 Å². The fourth-order valence-corrected chi connectivity index (χ4v) is 1.91. The highest BCUT2D eigenvalue weighted by Gasteiger charge is 2.42. The van der Waals surface area contributed by atoms with Crippen LogP contribution in [0.15, 0.2) is 18.2 Å². The van der Waals surface area contributed by atoms with Crippen LogP contribution in [0.3, 0.4) is 0 Å². The molecule has 4 heteroatoms. The number of aliphatic hydroxyl groups is 1. The van der Waals surface area contributed by atoms with E-state index in [9.17, 15) is 9.90 Å². The summed E-state index contributed by atoms with van der Waals surface area (Å²) >= 11 is 0. The summed E-state index contributed by atoms with van der Waals surface area (Å²) in [6.07, 6.45) is 0.316. The lowest BCUT2D eigenvalue weighted by Crippen LogP contribution is -2.39. The predicted octanol–water partition coefficient (Wildman–Crippen LogP) is 0.609. The van der Waals surface area contributed by atoms with Gasteiger partial charge in [0.2, 0.25) is 0 Å². The van der Waals surface area contributed by atoms with Crippen molar-refractivity contribution in [3.63, 3.8) is 0 Å². The molecule has 15 heavy (non-hydrogen) atoms. The molecule has 2 rings (SSSR count). The van der Waals surface area contributed by atoms with Crippen LogP contribution in [0.4, 0.5) is 0 Å². The summed E-state index contributed by atoms with van der Waals surface area (Å²) in [5.74, 6) is -0.485. The van der Waals surface area contributed by atoms with Gasteiger partial charge in [0.1, 0.15) is 5.75 Å². The topological polar surface area (TPSA) is 66.8 Å². The van der Waals surface area contributed by atoms with Gasteiger partial charge in [-0.05, 0) is 23.3 Å². The Hall–Kier alpha value is -1.55. The minimum Gasteiger partial charge on any atom is -0.497 e. The van der Waals surface area contributed by atoms with Crippen molar-refractivity contribution in [1.29, 1.82) is 0 Å². The fourth-order valence-electron chi connectivity index (χ4n) is 1.91. The lowest BCUT2D eigenvalue weighted by Gasteiger charge is -2.14. The number of carboxylic acid groups (broad SMARTS) is 1. The van der Waals surface area contributed by atoms with Gasteiger partial charge in [0.25, 0.3) is 0 Å². The van der Waals surface area contributed by atoms with Crippen LogP contribution in [-0.2, 0) is 17.6 Å². The maximum Gasteiger partial charge on any atom is 0.336 e. The summed E-state index contributed by atoms with van der Waals surface area (Å²) in [6.45, 7) is 0. The van der Waals surface area contributed by atoms with Crippen LogP contribution in [0.25, 0.3) is 0 Å². The molecule has 0 amide bonds. The van der Waals surface area contributed by atoms with Gasteiger partial charge in [-0.2, -0.15) is 0 Å². The Kier molecular flexibility index (Phi) is 2.16. The Balaban J connectivity index is 2.35. The van der Waals surface area contributed by atoms with Crippen LogP contribution in [0.5, 0.6) is 5.75 Å². The summed E-state index contributed by atoms with van der Waals surface area (Å²) in [5.41, 5.74) is 0.0780. The molecule has 0 radical (unpaired) electrons. The van der Waals surface area contributed by atoms with Crippen molar-refractivity contribution in [1.82, 2.24) is 0 Å². The summed E-state index contributed by atoms with van der Waals surface area (Å²) in [6, 6.07) is 5.34. The number of fused-ring (bicyclic) bond motifs is 1. The molecule has 0 saturated carbocycles. The number of aliphatic carboxylic acids is 1. The second-order valence-corrected chi connectivity index (χ2v) is 3.82. The van der Waals surface area contributed by atoms with Gasteiger partial charge in [0.05, 0.1) is 7.11 Å². The molecule has 4 nitrogen and oxygen atoms in total. The van der Waals surface area contributed by atoms with E-state index in [1.807, 2.05) is 0 Å². The van der Waals surface area contributed by atoms with E-state index < -0.39 is 11.6 Å². The molecule has 1 aromatic carbocycles. The van der Waals surface area contributed by atoms with Crippen molar-refractivity contribution in [2.24, 2.45) is 0 Å². The van der Waals surface area contributed by atoms with Gasteiger partial charge in [-0.1, -0.05) is 6.07 Å². The van der Waals surface area contributed by atoms with Gasteiger partial charge in [0.15, 0.2) is 5.60 Å². The molecule has 0 spiro atoms. The van der Waals surface area contributed by atoms with Gasteiger partial charge < -0.3 is 14.9 Å². The minimum atomic E-state index is -1.64. The third-order valence-corrected chi connectivity index (χ3v) is 2.78. The second-order valence-electron chi connectivity index (χ2n) is 3.82. The zero-order valence-corrected chi connectivity index (χ0v) is 8.36. The largest absolute Gasteiger partial charge is 0.497 e. The van der Waals surface area contributed by atoms with Gasteiger partial charge in [-0.3, -0.25) is 0 Å². The Morgan fingerprint density at radius 2 is 2.07 bits per heavy atom. The van der Waals surface area contributed by atoms with Crippen molar-refractivity contribution in [2.45, 2.75) is 18.4 Å². The molecule has 0 aromatic heterocycles. The van der Waals surface area contributed by atoms with Crippen LogP contribution in [0.1, 0.15) is 11.1 Å². The third-order valence-electron chi connectivity index (χ3n) is 2.78. The SMILES string of the molecule is COc1ccc2c(c1)CC(O)(C(=O)O)C2. The maximum atomic E-state index is 10.9. The number of benzene rings is 1. The first kappa shape index (κ1) is 9.98. The molecule has 0 saturated heterocycles. The van der Waals surface area contributed by atoms with Crippen molar-refractivity contribution < 1.29 is 19.7 Å². The Labute approximate surface area is 87.1 Å². The molecule has 0 bridgehead atoms. The quantitative estimate of drug-likeness (QED) is 0.747. The number of rotatable bonds is 2. The Morgan fingerprint density at radius 3 is 2.67 bits per heavy atom. The van der Waals surface area contributed by atoms with Crippen LogP contribution in [0, 0.1) is 0 Å². The van der Waals surface area contributed by atoms with Crippen LogP contribution >= 0.6 is 0 Å². The van der Waals surface area contributed by atoms with Crippen molar-refractivity contribution >= 4 is 5.97 Å². The summed E-state index contributed by atoms with van der Waals surface area (Å²) in [7, 11) is 1.56. The number of carboxylic acids is 1. The molecule has 1 aliphatic rings. The van der Waals surface area contributed by atoms with Gasteiger partial charge >= 0.3 is 5.97 Å². The van der Waals surface area contributed by atoms with Crippen molar-refractivity contribution in [3.05, 3.63) is 29.3 Å². The molecule has 1 aromatic rings. The monoisotopic (exact) mass is 208 g/mol. The molecule has 1 unspecified atom stereocenters. The highest BCUT2D eigenvalue weighted by Crippen LogP contribution is 2.32. The average molecular weight is 208 g/mol. The zero-order valence-electron chi connectivity index (χ0n) is 8.36. The highest BCUT2D eigenvalue weighted by atomic mass is 16.5. The molecular weight excluding hydrogens is 196 g/mol.